The van der Waals surface area contributed by atoms with Crippen LogP contribution >= 0.6 is 11.6 Å². The molecule has 0 saturated heterocycles. The number of halogens is 1. The molecule has 1 aromatic heterocycles. The predicted octanol–water partition coefficient (Wildman–Crippen LogP) is 3.25. The molecular formula is C20H26ClN5O. The minimum atomic E-state index is -0.0272. The number of benzene rings is 1. The van der Waals surface area contributed by atoms with Crippen molar-refractivity contribution in [3.63, 3.8) is 0 Å². The van der Waals surface area contributed by atoms with Gasteiger partial charge >= 0.3 is 0 Å². The molecule has 0 aliphatic heterocycles. The largest absolute Gasteiger partial charge is 0.357 e. The number of rotatable bonds is 9. The molecule has 0 spiro atoms. The molecule has 1 aromatic carbocycles. The molecule has 27 heavy (non-hydrogen) atoms. The van der Waals surface area contributed by atoms with Crippen molar-refractivity contribution < 1.29 is 4.79 Å². The zero-order valence-corrected chi connectivity index (χ0v) is 16.3. The number of hydrogen-bond acceptors (Lipinski definition) is 3. The highest BCUT2D eigenvalue weighted by Crippen LogP contribution is 2.13. The highest BCUT2D eigenvalue weighted by atomic mass is 35.5. The summed E-state index contributed by atoms with van der Waals surface area (Å²) in [6.45, 7) is 4.13. The van der Waals surface area contributed by atoms with Gasteiger partial charge in [-0.2, -0.15) is 0 Å². The second-order valence-corrected chi connectivity index (χ2v) is 6.35. The van der Waals surface area contributed by atoms with E-state index in [-0.39, 0.29) is 5.91 Å². The minimum Gasteiger partial charge on any atom is -0.357 e. The van der Waals surface area contributed by atoms with Gasteiger partial charge in [0.2, 0.25) is 5.91 Å². The summed E-state index contributed by atoms with van der Waals surface area (Å²) in [6, 6.07) is 13.0. The molecule has 2 rings (SSSR count). The van der Waals surface area contributed by atoms with Gasteiger partial charge in [0.15, 0.2) is 5.96 Å². The number of nitrogens with zero attached hydrogens (tertiary/aromatic N) is 2. The molecule has 0 aliphatic rings. The van der Waals surface area contributed by atoms with Crippen molar-refractivity contribution in [1.82, 2.24) is 15.6 Å². The topological polar surface area (TPSA) is 78.4 Å². The predicted molar refractivity (Wildman–Crippen MR) is 111 cm³/mol. The van der Waals surface area contributed by atoms with Gasteiger partial charge in [-0.1, -0.05) is 17.7 Å². The first kappa shape index (κ1) is 20.7. The number of guanidine groups is 1. The zero-order valence-electron chi connectivity index (χ0n) is 15.5. The van der Waals surface area contributed by atoms with E-state index in [0.717, 1.165) is 36.9 Å². The van der Waals surface area contributed by atoms with Gasteiger partial charge in [-0.25, -0.2) is 0 Å². The van der Waals surface area contributed by atoms with Gasteiger partial charge in [0.25, 0.3) is 0 Å². The first-order valence-electron chi connectivity index (χ1n) is 9.15. The average Bonchev–Trinajstić information content (AvgIpc) is 2.68. The summed E-state index contributed by atoms with van der Waals surface area (Å²) in [5.74, 6) is 0.729. The summed E-state index contributed by atoms with van der Waals surface area (Å²) < 4.78 is 0. The maximum absolute atomic E-state index is 12.0. The fourth-order valence-electron chi connectivity index (χ4n) is 2.38. The van der Waals surface area contributed by atoms with Gasteiger partial charge in [0.05, 0.1) is 0 Å². The van der Waals surface area contributed by atoms with Crippen LogP contribution in [0.2, 0.25) is 5.02 Å². The van der Waals surface area contributed by atoms with Gasteiger partial charge < -0.3 is 16.0 Å². The number of nitrogens with one attached hydrogen (secondary N) is 3. The van der Waals surface area contributed by atoms with E-state index in [1.54, 1.807) is 30.5 Å². The van der Waals surface area contributed by atoms with Crippen molar-refractivity contribution >= 4 is 29.2 Å². The SMILES string of the molecule is CCNC(=NCCCC(=O)Nc1ccc(Cl)cc1)NCCc1ccccn1. The molecule has 0 aliphatic carbocycles. The van der Waals surface area contributed by atoms with Crippen molar-refractivity contribution in [3.8, 4) is 0 Å². The molecule has 0 fully saturated rings. The van der Waals surface area contributed by atoms with Gasteiger partial charge in [-0.15, -0.1) is 0 Å². The normalized spacial score (nSPS) is 11.1. The monoisotopic (exact) mass is 387 g/mol. The van der Waals surface area contributed by atoms with Crippen molar-refractivity contribution in [3.05, 3.63) is 59.4 Å². The van der Waals surface area contributed by atoms with E-state index in [1.165, 1.54) is 0 Å². The van der Waals surface area contributed by atoms with Crippen LogP contribution in [0, 0.1) is 0 Å². The molecule has 1 amide bonds. The summed E-state index contributed by atoms with van der Waals surface area (Å²) in [7, 11) is 0. The third-order valence-electron chi connectivity index (χ3n) is 3.70. The second-order valence-electron chi connectivity index (χ2n) is 5.92. The Hall–Kier alpha value is -2.60. The van der Waals surface area contributed by atoms with E-state index in [0.29, 0.717) is 24.4 Å². The molecule has 0 saturated carbocycles. The van der Waals surface area contributed by atoms with Crippen molar-refractivity contribution in [2.24, 2.45) is 4.99 Å². The Morgan fingerprint density at radius 2 is 1.96 bits per heavy atom. The van der Waals surface area contributed by atoms with E-state index >= 15 is 0 Å². The van der Waals surface area contributed by atoms with Gasteiger partial charge in [-0.05, 0) is 49.7 Å². The first-order chi connectivity index (χ1) is 13.2. The van der Waals surface area contributed by atoms with Crippen molar-refractivity contribution in [2.75, 3.05) is 25.0 Å². The maximum Gasteiger partial charge on any atom is 0.224 e. The molecule has 2 aromatic rings. The van der Waals surface area contributed by atoms with Crippen LogP contribution in [-0.4, -0.2) is 36.5 Å². The third-order valence-corrected chi connectivity index (χ3v) is 3.96. The lowest BCUT2D eigenvalue weighted by Gasteiger charge is -2.11. The fraction of sp³-hybridized carbons (Fsp3) is 0.350. The Kier molecular flexibility index (Phi) is 9.13. The standard InChI is InChI=1S/C20H26ClN5O/c1-2-22-20(25-15-12-17-6-3-4-13-23-17)24-14-5-7-19(27)26-18-10-8-16(21)9-11-18/h3-4,6,8-11,13H,2,5,7,12,14-15H2,1H3,(H,26,27)(H2,22,24,25). The van der Waals surface area contributed by atoms with Gasteiger partial charge in [0, 0.05) is 55.1 Å². The zero-order chi connectivity index (χ0) is 19.3. The van der Waals surface area contributed by atoms with Crippen LogP contribution in [0.4, 0.5) is 5.69 Å². The fourth-order valence-corrected chi connectivity index (χ4v) is 2.51. The second kappa shape index (κ2) is 11.9. The number of amides is 1. The number of aliphatic imine (C=N–C) groups is 1. The van der Waals surface area contributed by atoms with Crippen molar-refractivity contribution in [2.45, 2.75) is 26.2 Å². The average molecular weight is 388 g/mol. The maximum atomic E-state index is 12.0. The lowest BCUT2D eigenvalue weighted by Crippen LogP contribution is -2.38. The Morgan fingerprint density at radius 1 is 1.15 bits per heavy atom. The highest BCUT2D eigenvalue weighted by molar-refractivity contribution is 6.30. The van der Waals surface area contributed by atoms with Crippen LogP contribution in [0.25, 0.3) is 0 Å². The molecule has 1 heterocycles. The van der Waals surface area contributed by atoms with E-state index in [2.05, 4.69) is 25.9 Å². The number of carbonyl (C=O) groups excluding carboxylic acids is 1. The summed E-state index contributed by atoms with van der Waals surface area (Å²) in [5.41, 5.74) is 1.79. The molecule has 0 unspecified atom stereocenters. The summed E-state index contributed by atoms with van der Waals surface area (Å²) in [6.07, 6.45) is 3.72. The first-order valence-corrected chi connectivity index (χ1v) is 9.52. The molecule has 6 nitrogen and oxygen atoms in total. The summed E-state index contributed by atoms with van der Waals surface area (Å²) in [4.78, 5) is 20.8. The van der Waals surface area contributed by atoms with Gasteiger partial charge in [0.1, 0.15) is 0 Å². The smallest absolute Gasteiger partial charge is 0.224 e. The third kappa shape index (κ3) is 8.55. The minimum absolute atomic E-state index is 0.0272. The number of pyridine rings is 1. The molecule has 144 valence electrons. The molecule has 7 heteroatoms. The molecule has 3 N–H and O–H groups in total. The summed E-state index contributed by atoms with van der Waals surface area (Å²) in [5, 5.41) is 9.99. The Morgan fingerprint density at radius 3 is 2.67 bits per heavy atom. The van der Waals surface area contributed by atoms with E-state index in [1.807, 2.05) is 25.1 Å². The number of anilines is 1. The lowest BCUT2D eigenvalue weighted by atomic mass is 10.2. The lowest BCUT2D eigenvalue weighted by molar-refractivity contribution is -0.116. The van der Waals surface area contributed by atoms with Crippen LogP contribution in [0.15, 0.2) is 53.7 Å². The summed E-state index contributed by atoms with van der Waals surface area (Å²) >= 11 is 5.83. The van der Waals surface area contributed by atoms with Crippen LogP contribution < -0.4 is 16.0 Å². The van der Waals surface area contributed by atoms with E-state index < -0.39 is 0 Å². The van der Waals surface area contributed by atoms with Crippen LogP contribution in [0.5, 0.6) is 0 Å². The van der Waals surface area contributed by atoms with Crippen LogP contribution in [0.3, 0.4) is 0 Å². The van der Waals surface area contributed by atoms with E-state index in [4.69, 9.17) is 11.6 Å². The highest BCUT2D eigenvalue weighted by Gasteiger charge is 2.03. The van der Waals surface area contributed by atoms with Crippen LogP contribution in [-0.2, 0) is 11.2 Å². The number of aromatic nitrogens is 1. The molecule has 0 bridgehead atoms. The van der Waals surface area contributed by atoms with E-state index in [9.17, 15) is 4.79 Å². The molecule has 0 radical (unpaired) electrons. The van der Waals surface area contributed by atoms with Crippen molar-refractivity contribution in [1.29, 1.82) is 0 Å². The number of carbonyl (C=O) groups is 1. The Bertz CT molecular complexity index is 719. The Labute approximate surface area is 165 Å². The Balaban J connectivity index is 1.69. The quantitative estimate of drug-likeness (QED) is 0.350. The number of hydrogen-bond donors (Lipinski definition) is 3. The molecular weight excluding hydrogens is 362 g/mol. The van der Waals surface area contributed by atoms with Crippen LogP contribution in [0.1, 0.15) is 25.5 Å². The van der Waals surface area contributed by atoms with Gasteiger partial charge in [-0.3, -0.25) is 14.8 Å². The molecule has 0 atom stereocenters.